The van der Waals surface area contributed by atoms with Crippen LogP contribution in [0, 0.1) is 5.92 Å². The Hall–Kier alpha value is -1.93. The molecule has 8 heteroatoms. The number of anilines is 1. The van der Waals surface area contributed by atoms with E-state index in [1.54, 1.807) is 12.4 Å². The molecule has 1 aromatic heterocycles. The number of hydrogen-bond acceptors (Lipinski definition) is 6. The van der Waals surface area contributed by atoms with Crippen molar-refractivity contribution in [3.05, 3.63) is 18.5 Å². The van der Waals surface area contributed by atoms with Gasteiger partial charge in [-0.05, 0) is 38.3 Å². The smallest absolute Gasteiger partial charge is 0.317 e. The molecule has 0 aromatic carbocycles. The summed E-state index contributed by atoms with van der Waals surface area (Å²) in [5.74, 6) is 1.33. The van der Waals surface area contributed by atoms with Crippen molar-refractivity contribution in [1.29, 1.82) is 0 Å². The number of carbonyl (C=O) groups excluding carboxylic acids is 1. The Morgan fingerprint density at radius 2 is 1.96 bits per heavy atom. The summed E-state index contributed by atoms with van der Waals surface area (Å²) < 4.78 is 5.46. The van der Waals surface area contributed by atoms with E-state index in [9.17, 15) is 4.79 Å². The summed E-state index contributed by atoms with van der Waals surface area (Å²) in [4.78, 5) is 28.0. The van der Waals surface area contributed by atoms with E-state index in [1.807, 2.05) is 6.07 Å². The van der Waals surface area contributed by atoms with Gasteiger partial charge in [-0.25, -0.2) is 14.8 Å². The van der Waals surface area contributed by atoms with Crippen LogP contribution in [-0.4, -0.2) is 90.9 Å². The molecular formula is C20H32N6O2. The highest BCUT2D eigenvalue weighted by atomic mass is 16.5. The van der Waals surface area contributed by atoms with E-state index >= 15 is 0 Å². The molecular weight excluding hydrogens is 356 g/mol. The summed E-state index contributed by atoms with van der Waals surface area (Å²) in [5.41, 5.74) is 0. The van der Waals surface area contributed by atoms with Crippen molar-refractivity contribution in [3.8, 4) is 0 Å². The van der Waals surface area contributed by atoms with Crippen LogP contribution >= 0.6 is 0 Å². The van der Waals surface area contributed by atoms with E-state index < -0.39 is 0 Å². The maximum absolute atomic E-state index is 12.6. The molecule has 28 heavy (non-hydrogen) atoms. The lowest BCUT2D eigenvalue weighted by molar-refractivity contribution is 0.162. The van der Waals surface area contributed by atoms with Crippen LogP contribution in [0.5, 0.6) is 0 Å². The maximum atomic E-state index is 12.6. The fraction of sp³-hybridized carbons (Fsp3) is 0.750. The Bertz CT molecular complexity index is 612. The highest BCUT2D eigenvalue weighted by molar-refractivity contribution is 5.74. The fourth-order valence-electron chi connectivity index (χ4n) is 4.02. The number of nitrogens with one attached hydrogen (secondary N) is 1. The lowest BCUT2D eigenvalue weighted by Crippen LogP contribution is -2.48. The van der Waals surface area contributed by atoms with Gasteiger partial charge in [0, 0.05) is 70.2 Å². The number of ether oxygens (including phenoxy) is 1. The highest BCUT2D eigenvalue weighted by Crippen LogP contribution is 2.29. The van der Waals surface area contributed by atoms with Crippen LogP contribution in [0.4, 0.5) is 10.7 Å². The largest absolute Gasteiger partial charge is 0.381 e. The SMILES string of the molecule is O=C(NCCCN1CCN(c2ncccn2)CC1)N(CC1CCOC1)C1CC1. The zero-order chi connectivity index (χ0) is 19.2. The predicted octanol–water partition coefficient (Wildman–Crippen LogP) is 1.20. The highest BCUT2D eigenvalue weighted by Gasteiger charge is 2.34. The number of amides is 2. The van der Waals surface area contributed by atoms with E-state index in [1.165, 1.54) is 0 Å². The van der Waals surface area contributed by atoms with E-state index in [0.29, 0.717) is 12.0 Å². The second-order valence-corrected chi connectivity index (χ2v) is 8.08. The minimum atomic E-state index is 0.112. The fourth-order valence-corrected chi connectivity index (χ4v) is 4.02. The predicted molar refractivity (Wildman–Crippen MR) is 107 cm³/mol. The molecule has 0 bridgehead atoms. The van der Waals surface area contributed by atoms with Crippen molar-refractivity contribution in [1.82, 2.24) is 25.1 Å². The van der Waals surface area contributed by atoms with Crippen LogP contribution in [0.3, 0.4) is 0 Å². The number of hydrogen-bond donors (Lipinski definition) is 1. The van der Waals surface area contributed by atoms with Gasteiger partial charge < -0.3 is 19.9 Å². The Labute approximate surface area is 167 Å². The number of urea groups is 1. The monoisotopic (exact) mass is 388 g/mol. The molecule has 1 saturated carbocycles. The van der Waals surface area contributed by atoms with Crippen molar-refractivity contribution in [2.75, 3.05) is 63.9 Å². The second-order valence-electron chi connectivity index (χ2n) is 8.08. The van der Waals surface area contributed by atoms with Gasteiger partial charge in [-0.1, -0.05) is 0 Å². The minimum Gasteiger partial charge on any atom is -0.381 e. The summed E-state index contributed by atoms with van der Waals surface area (Å²) in [6.45, 7) is 8.19. The molecule has 3 heterocycles. The Balaban J connectivity index is 1.12. The van der Waals surface area contributed by atoms with Gasteiger partial charge in [0.05, 0.1) is 6.61 Å². The van der Waals surface area contributed by atoms with Crippen LogP contribution in [0.25, 0.3) is 0 Å². The van der Waals surface area contributed by atoms with Gasteiger partial charge in [-0.2, -0.15) is 0 Å². The number of nitrogens with zero attached hydrogens (tertiary/aromatic N) is 5. The van der Waals surface area contributed by atoms with Crippen molar-refractivity contribution in [3.63, 3.8) is 0 Å². The average molecular weight is 389 g/mol. The molecule has 1 N–H and O–H groups in total. The van der Waals surface area contributed by atoms with Gasteiger partial charge in [-0.15, -0.1) is 0 Å². The van der Waals surface area contributed by atoms with Crippen molar-refractivity contribution >= 4 is 12.0 Å². The Kier molecular flexibility index (Phi) is 6.59. The number of carbonyl (C=O) groups is 1. The minimum absolute atomic E-state index is 0.112. The molecule has 1 unspecified atom stereocenters. The number of rotatable bonds is 8. The van der Waals surface area contributed by atoms with E-state index in [-0.39, 0.29) is 6.03 Å². The molecule has 0 spiro atoms. The third kappa shape index (κ3) is 5.32. The summed E-state index contributed by atoms with van der Waals surface area (Å²) in [5, 5.41) is 3.14. The van der Waals surface area contributed by atoms with Gasteiger partial charge in [0.15, 0.2) is 0 Å². The maximum Gasteiger partial charge on any atom is 0.317 e. The van der Waals surface area contributed by atoms with Gasteiger partial charge >= 0.3 is 6.03 Å². The molecule has 1 aliphatic carbocycles. The molecule has 2 saturated heterocycles. The average Bonchev–Trinajstić information content (AvgIpc) is 3.45. The van der Waals surface area contributed by atoms with Crippen molar-refractivity contribution in [2.24, 2.45) is 5.92 Å². The summed E-state index contributed by atoms with van der Waals surface area (Å²) in [6, 6.07) is 2.41. The molecule has 0 radical (unpaired) electrons. The zero-order valence-corrected chi connectivity index (χ0v) is 16.6. The molecule has 1 aromatic rings. The normalized spacial score (nSPS) is 23.0. The molecule has 2 aliphatic heterocycles. The van der Waals surface area contributed by atoms with Crippen LogP contribution in [0.2, 0.25) is 0 Å². The van der Waals surface area contributed by atoms with Gasteiger partial charge in [-0.3, -0.25) is 4.90 Å². The van der Waals surface area contributed by atoms with Gasteiger partial charge in [0.2, 0.25) is 5.95 Å². The van der Waals surface area contributed by atoms with Crippen molar-refractivity contribution in [2.45, 2.75) is 31.7 Å². The Morgan fingerprint density at radius 3 is 2.64 bits per heavy atom. The Morgan fingerprint density at radius 1 is 1.18 bits per heavy atom. The summed E-state index contributed by atoms with van der Waals surface area (Å²) in [6.07, 6.45) is 7.95. The number of piperazine rings is 1. The van der Waals surface area contributed by atoms with Crippen LogP contribution in [-0.2, 0) is 4.74 Å². The first-order chi connectivity index (χ1) is 13.8. The van der Waals surface area contributed by atoms with Crippen LogP contribution in [0.1, 0.15) is 25.7 Å². The molecule has 3 aliphatic rings. The van der Waals surface area contributed by atoms with Crippen LogP contribution < -0.4 is 10.2 Å². The van der Waals surface area contributed by atoms with Crippen LogP contribution in [0.15, 0.2) is 18.5 Å². The lowest BCUT2D eigenvalue weighted by atomic mass is 10.1. The third-order valence-electron chi connectivity index (χ3n) is 5.86. The first-order valence-electron chi connectivity index (χ1n) is 10.7. The summed E-state index contributed by atoms with van der Waals surface area (Å²) >= 11 is 0. The first kappa shape index (κ1) is 19.4. The van der Waals surface area contributed by atoms with E-state index in [0.717, 1.165) is 90.7 Å². The molecule has 154 valence electrons. The first-order valence-corrected chi connectivity index (χ1v) is 10.7. The van der Waals surface area contributed by atoms with E-state index in [2.05, 4.69) is 30.0 Å². The zero-order valence-electron chi connectivity index (χ0n) is 16.6. The van der Waals surface area contributed by atoms with E-state index in [4.69, 9.17) is 4.74 Å². The lowest BCUT2D eigenvalue weighted by Gasteiger charge is -2.34. The summed E-state index contributed by atoms with van der Waals surface area (Å²) in [7, 11) is 0. The molecule has 2 amide bonds. The van der Waals surface area contributed by atoms with Crippen molar-refractivity contribution < 1.29 is 9.53 Å². The topological polar surface area (TPSA) is 73.8 Å². The molecule has 3 fully saturated rings. The van der Waals surface area contributed by atoms with Gasteiger partial charge in [0.1, 0.15) is 0 Å². The third-order valence-corrected chi connectivity index (χ3v) is 5.86. The molecule has 8 nitrogen and oxygen atoms in total. The molecule has 1 atom stereocenters. The second kappa shape index (κ2) is 9.52. The molecule has 4 rings (SSSR count). The number of aromatic nitrogens is 2. The van der Waals surface area contributed by atoms with Gasteiger partial charge in [0.25, 0.3) is 0 Å². The quantitative estimate of drug-likeness (QED) is 0.675. The standard InChI is InChI=1S/C20H32N6O2/c27-20(26(18-3-4-18)15-17-5-14-28-16-17)23-8-2-9-24-10-12-25(13-11-24)19-21-6-1-7-22-19/h1,6-7,17-18H,2-5,8-16H2,(H,23,27).